The molecule has 0 atom stereocenters. The summed E-state index contributed by atoms with van der Waals surface area (Å²) < 4.78 is 1.11. The van der Waals surface area contributed by atoms with Crippen molar-refractivity contribution in [1.82, 2.24) is 5.32 Å². The first-order valence-corrected chi connectivity index (χ1v) is 4.01. The largest absolute Gasteiger partial charge is 0.383 e. The third-order valence-electron chi connectivity index (χ3n) is 0.600. The lowest BCUT2D eigenvalue weighted by Crippen LogP contribution is -2.14. The number of hydrogen-bond donors (Lipinski definition) is 1. The average molecular weight is 229 g/mol. The van der Waals surface area contributed by atoms with Crippen molar-refractivity contribution in [3.05, 3.63) is 0 Å². The van der Waals surface area contributed by atoms with Crippen molar-refractivity contribution in [2.24, 2.45) is 0 Å². The Morgan fingerprint density at radius 1 is 1.86 bits per heavy atom. The summed E-state index contributed by atoms with van der Waals surface area (Å²) in [7, 11) is 1.86. The van der Waals surface area contributed by atoms with Crippen LogP contribution in [0.15, 0.2) is 0 Å². The third-order valence-corrected chi connectivity index (χ3v) is 1.55. The number of alkyl halides is 1. The lowest BCUT2D eigenvalue weighted by molar-refractivity contribution is 1.14. The zero-order valence-corrected chi connectivity index (χ0v) is 7.17. The van der Waals surface area contributed by atoms with E-state index in [1.54, 1.807) is 0 Å². The van der Waals surface area contributed by atoms with Crippen LogP contribution in [0.3, 0.4) is 0 Å². The van der Waals surface area contributed by atoms with Crippen LogP contribution in [0, 0.1) is 0 Å². The number of halogens is 1. The molecule has 0 aliphatic rings. The second-order valence-corrected chi connectivity index (χ2v) is 2.68. The van der Waals surface area contributed by atoms with E-state index in [2.05, 4.69) is 27.9 Å². The van der Waals surface area contributed by atoms with Gasteiger partial charge in [0.1, 0.15) is 0 Å². The van der Waals surface area contributed by atoms with Crippen molar-refractivity contribution in [2.45, 2.75) is 6.42 Å². The van der Waals surface area contributed by atoms with Gasteiger partial charge in [0.2, 0.25) is 0 Å². The standard InChI is InChI=1S/C4H8INS/c1-6-4(7)2-3-5/h2-3H2,1H3,(H,6,7). The van der Waals surface area contributed by atoms with Gasteiger partial charge in [-0.15, -0.1) is 0 Å². The maximum atomic E-state index is 4.84. The summed E-state index contributed by atoms with van der Waals surface area (Å²) in [5, 5.41) is 2.89. The van der Waals surface area contributed by atoms with Gasteiger partial charge in [-0.2, -0.15) is 0 Å². The predicted molar refractivity (Wildman–Crippen MR) is 45.2 cm³/mol. The lowest BCUT2D eigenvalue weighted by Gasteiger charge is -1.94. The van der Waals surface area contributed by atoms with E-state index in [9.17, 15) is 0 Å². The molecule has 3 heteroatoms. The molecule has 0 aromatic heterocycles. The maximum absolute atomic E-state index is 4.84. The molecule has 0 aromatic rings. The van der Waals surface area contributed by atoms with Gasteiger partial charge in [0.15, 0.2) is 0 Å². The molecule has 0 aliphatic heterocycles. The number of hydrogen-bond acceptors (Lipinski definition) is 1. The zero-order valence-electron chi connectivity index (χ0n) is 4.20. The van der Waals surface area contributed by atoms with Crippen LogP contribution in [0.2, 0.25) is 0 Å². The van der Waals surface area contributed by atoms with Gasteiger partial charge in [-0.1, -0.05) is 34.8 Å². The Labute approximate surface area is 63.0 Å². The fourth-order valence-corrected chi connectivity index (χ4v) is 1.22. The summed E-state index contributed by atoms with van der Waals surface area (Å²) in [6, 6.07) is 0. The molecule has 0 fully saturated rings. The highest BCUT2D eigenvalue weighted by atomic mass is 127. The molecule has 0 bridgehead atoms. The van der Waals surface area contributed by atoms with Gasteiger partial charge < -0.3 is 5.32 Å². The van der Waals surface area contributed by atoms with Gasteiger partial charge in [0, 0.05) is 17.9 Å². The van der Waals surface area contributed by atoms with Crippen LogP contribution < -0.4 is 5.32 Å². The topological polar surface area (TPSA) is 12.0 Å². The predicted octanol–water partition coefficient (Wildman–Crippen LogP) is 1.36. The molecule has 42 valence electrons. The van der Waals surface area contributed by atoms with Crippen molar-refractivity contribution in [3.63, 3.8) is 0 Å². The maximum Gasteiger partial charge on any atom is 0.0758 e. The highest BCUT2D eigenvalue weighted by Gasteiger charge is 1.85. The summed E-state index contributed by atoms with van der Waals surface area (Å²) in [5.74, 6) is 0. The number of thiocarbonyl (C=S) groups is 1. The summed E-state index contributed by atoms with van der Waals surface area (Å²) in [4.78, 5) is 0.953. The van der Waals surface area contributed by atoms with E-state index in [1.807, 2.05) is 7.05 Å². The molecular formula is C4H8INS. The van der Waals surface area contributed by atoms with E-state index >= 15 is 0 Å². The summed E-state index contributed by atoms with van der Waals surface area (Å²) in [6.07, 6.45) is 1.01. The second-order valence-electron chi connectivity index (χ2n) is 1.11. The van der Waals surface area contributed by atoms with E-state index in [0.717, 1.165) is 15.8 Å². The fraction of sp³-hybridized carbons (Fsp3) is 0.750. The van der Waals surface area contributed by atoms with Crippen LogP contribution in [0.4, 0.5) is 0 Å². The van der Waals surface area contributed by atoms with Crippen molar-refractivity contribution in [3.8, 4) is 0 Å². The summed E-state index contributed by atoms with van der Waals surface area (Å²) >= 11 is 7.14. The van der Waals surface area contributed by atoms with Crippen LogP contribution in [-0.4, -0.2) is 16.5 Å². The molecule has 0 unspecified atom stereocenters. The van der Waals surface area contributed by atoms with Gasteiger partial charge in [-0.3, -0.25) is 0 Å². The summed E-state index contributed by atoms with van der Waals surface area (Å²) in [6.45, 7) is 0. The minimum Gasteiger partial charge on any atom is -0.383 e. The lowest BCUT2D eigenvalue weighted by atomic mass is 10.5. The first-order valence-electron chi connectivity index (χ1n) is 2.07. The first-order chi connectivity index (χ1) is 3.31. The number of nitrogens with one attached hydrogen (secondary N) is 1. The van der Waals surface area contributed by atoms with Crippen molar-refractivity contribution in [2.75, 3.05) is 11.5 Å². The highest BCUT2D eigenvalue weighted by Crippen LogP contribution is 1.88. The molecule has 0 saturated carbocycles. The van der Waals surface area contributed by atoms with E-state index in [4.69, 9.17) is 12.2 Å². The van der Waals surface area contributed by atoms with Crippen molar-refractivity contribution < 1.29 is 0 Å². The quantitative estimate of drug-likeness (QED) is 0.436. The monoisotopic (exact) mass is 229 g/mol. The molecule has 1 nitrogen and oxygen atoms in total. The van der Waals surface area contributed by atoms with E-state index in [-0.39, 0.29) is 0 Å². The first kappa shape index (κ1) is 7.62. The summed E-state index contributed by atoms with van der Waals surface area (Å²) in [5.41, 5.74) is 0. The van der Waals surface area contributed by atoms with Crippen LogP contribution in [0.25, 0.3) is 0 Å². The van der Waals surface area contributed by atoms with Gasteiger partial charge in [-0.25, -0.2) is 0 Å². The molecule has 0 saturated heterocycles. The van der Waals surface area contributed by atoms with Crippen LogP contribution in [0.5, 0.6) is 0 Å². The molecule has 7 heavy (non-hydrogen) atoms. The Balaban J connectivity index is 3.00. The Bertz CT molecular complexity index is 64.7. The van der Waals surface area contributed by atoms with Crippen LogP contribution in [-0.2, 0) is 0 Å². The highest BCUT2D eigenvalue weighted by molar-refractivity contribution is 14.1. The minimum atomic E-state index is 0.953. The minimum absolute atomic E-state index is 0.953. The molecule has 0 radical (unpaired) electrons. The van der Waals surface area contributed by atoms with Gasteiger partial charge in [0.05, 0.1) is 4.99 Å². The molecule has 1 N–H and O–H groups in total. The third kappa shape index (κ3) is 4.47. The molecule has 0 heterocycles. The Hall–Kier alpha value is 0.620. The fourth-order valence-electron chi connectivity index (χ4n) is 0.211. The number of rotatable bonds is 2. The average Bonchev–Trinajstić information content (AvgIpc) is 1.68. The van der Waals surface area contributed by atoms with Gasteiger partial charge >= 0.3 is 0 Å². The van der Waals surface area contributed by atoms with E-state index in [0.29, 0.717) is 0 Å². The van der Waals surface area contributed by atoms with Crippen LogP contribution >= 0.6 is 34.8 Å². The van der Waals surface area contributed by atoms with Gasteiger partial charge in [-0.05, 0) is 0 Å². The Morgan fingerprint density at radius 3 is 2.57 bits per heavy atom. The SMILES string of the molecule is CNC(=S)CCI. The normalized spacial score (nSPS) is 8.29. The molecular weight excluding hydrogens is 221 g/mol. The zero-order chi connectivity index (χ0) is 5.70. The molecule has 0 aromatic carbocycles. The van der Waals surface area contributed by atoms with E-state index < -0.39 is 0 Å². The van der Waals surface area contributed by atoms with Gasteiger partial charge in [0.25, 0.3) is 0 Å². The molecule has 0 rings (SSSR count). The van der Waals surface area contributed by atoms with Crippen molar-refractivity contribution >= 4 is 39.8 Å². The second kappa shape index (κ2) is 4.77. The Kier molecular flexibility index (Phi) is 5.19. The Morgan fingerprint density at radius 2 is 2.43 bits per heavy atom. The van der Waals surface area contributed by atoms with E-state index in [1.165, 1.54) is 0 Å². The molecule has 0 spiro atoms. The smallest absolute Gasteiger partial charge is 0.0758 e. The van der Waals surface area contributed by atoms with Crippen molar-refractivity contribution in [1.29, 1.82) is 0 Å². The van der Waals surface area contributed by atoms with Crippen LogP contribution in [0.1, 0.15) is 6.42 Å². The molecule has 0 aliphatic carbocycles. The molecule has 0 amide bonds.